The van der Waals surface area contributed by atoms with Gasteiger partial charge in [0.25, 0.3) is 0 Å². The van der Waals surface area contributed by atoms with E-state index in [4.69, 9.17) is 10.6 Å². The first-order valence-electron chi connectivity index (χ1n) is 3.55. The van der Waals surface area contributed by atoms with E-state index in [1.165, 1.54) is 0 Å². The Morgan fingerprint density at radius 3 is 2.75 bits per heavy atom. The fourth-order valence-corrected chi connectivity index (χ4v) is 0.723. The molecule has 1 rings (SSSR count). The zero-order valence-electron chi connectivity index (χ0n) is 6.58. The maximum atomic E-state index is 5.24. The highest BCUT2D eigenvalue weighted by atomic mass is 16.5. The molecule has 3 heteroatoms. The summed E-state index contributed by atoms with van der Waals surface area (Å²) in [6.45, 7) is 0.341. The maximum Gasteiger partial charge on any atom is 0.150 e. The second-order valence-electron chi connectivity index (χ2n) is 2.05. The van der Waals surface area contributed by atoms with Crippen LogP contribution in [0.4, 0.5) is 0 Å². The number of nitrogens with two attached hydrogens (primary N) is 1. The zero-order chi connectivity index (χ0) is 8.65. The number of hydrogen-bond donors (Lipinski definition) is 2. The van der Waals surface area contributed by atoms with Crippen LogP contribution in [0.1, 0.15) is 0 Å². The van der Waals surface area contributed by atoms with Crippen LogP contribution in [-0.4, -0.2) is 6.61 Å². The molecule has 0 unspecified atom stereocenters. The van der Waals surface area contributed by atoms with Gasteiger partial charge in [-0.15, -0.1) is 0 Å². The highest BCUT2D eigenvalue weighted by Crippen LogP contribution is 2.06. The molecular formula is C9H10N2O. The van der Waals surface area contributed by atoms with E-state index >= 15 is 0 Å². The average Bonchev–Trinajstić information content (AvgIpc) is 2.14. The van der Waals surface area contributed by atoms with Crippen molar-refractivity contribution in [2.45, 2.75) is 0 Å². The quantitative estimate of drug-likeness (QED) is 0.288. The molecule has 0 aliphatic rings. The van der Waals surface area contributed by atoms with Gasteiger partial charge in [0.2, 0.25) is 0 Å². The Bertz CT molecular complexity index is 274. The SMILES string of the molecule is NNC#CCOc1ccccc1. The Labute approximate surface area is 71.5 Å². The van der Waals surface area contributed by atoms with Crippen molar-refractivity contribution in [1.29, 1.82) is 0 Å². The van der Waals surface area contributed by atoms with Gasteiger partial charge in [-0.1, -0.05) is 18.2 Å². The van der Waals surface area contributed by atoms with Crippen molar-refractivity contribution in [3.63, 3.8) is 0 Å². The number of ether oxygens (including phenoxy) is 1. The predicted octanol–water partition coefficient (Wildman–Crippen LogP) is 0.490. The summed E-state index contributed by atoms with van der Waals surface area (Å²) in [6, 6.07) is 12.0. The van der Waals surface area contributed by atoms with Crippen LogP contribution < -0.4 is 16.0 Å². The minimum atomic E-state index is 0.341. The zero-order valence-corrected chi connectivity index (χ0v) is 6.58. The summed E-state index contributed by atoms with van der Waals surface area (Å²) in [5, 5.41) is 0. The standard InChI is InChI=1S/C9H10N2O/c10-11-7-4-8-12-9-5-2-1-3-6-9/h1-3,5-6,11H,8,10H2. The first-order chi connectivity index (χ1) is 5.93. The molecule has 3 N–H and O–H groups in total. The van der Waals surface area contributed by atoms with Crippen molar-refractivity contribution < 1.29 is 4.74 Å². The monoisotopic (exact) mass is 162 g/mol. The average molecular weight is 162 g/mol. The van der Waals surface area contributed by atoms with E-state index in [-0.39, 0.29) is 0 Å². The normalized spacial score (nSPS) is 8.08. The summed E-state index contributed by atoms with van der Waals surface area (Å²) in [5.74, 6) is 8.41. The molecule has 0 saturated heterocycles. The first kappa shape index (κ1) is 8.44. The summed E-state index contributed by atoms with van der Waals surface area (Å²) in [4.78, 5) is 0. The number of para-hydroxylation sites is 1. The minimum absolute atomic E-state index is 0.341. The van der Waals surface area contributed by atoms with Gasteiger partial charge in [-0.2, -0.15) is 0 Å². The Kier molecular flexibility index (Phi) is 3.55. The van der Waals surface area contributed by atoms with Crippen molar-refractivity contribution in [2.24, 2.45) is 5.84 Å². The predicted molar refractivity (Wildman–Crippen MR) is 47.0 cm³/mol. The van der Waals surface area contributed by atoms with Crippen molar-refractivity contribution in [1.82, 2.24) is 5.43 Å². The molecule has 1 aromatic carbocycles. The Hall–Kier alpha value is -1.66. The van der Waals surface area contributed by atoms with Crippen LogP contribution in [0.2, 0.25) is 0 Å². The summed E-state index contributed by atoms with van der Waals surface area (Å²) >= 11 is 0. The molecule has 0 aliphatic heterocycles. The molecule has 0 spiro atoms. The lowest BCUT2D eigenvalue weighted by Crippen LogP contribution is -2.14. The minimum Gasteiger partial charge on any atom is -0.481 e. The van der Waals surface area contributed by atoms with Gasteiger partial charge in [0.05, 0.1) is 0 Å². The van der Waals surface area contributed by atoms with Gasteiger partial charge < -0.3 is 4.74 Å². The number of hydrogen-bond acceptors (Lipinski definition) is 3. The smallest absolute Gasteiger partial charge is 0.150 e. The number of hydrazine groups is 1. The number of nitrogens with one attached hydrogen (secondary N) is 1. The van der Waals surface area contributed by atoms with Crippen LogP contribution in [0, 0.1) is 12.0 Å². The summed E-state index contributed by atoms with van der Waals surface area (Å²) in [7, 11) is 0. The molecular weight excluding hydrogens is 152 g/mol. The van der Waals surface area contributed by atoms with Crippen molar-refractivity contribution >= 4 is 0 Å². The van der Waals surface area contributed by atoms with E-state index in [2.05, 4.69) is 17.4 Å². The highest BCUT2D eigenvalue weighted by Gasteiger charge is 1.85. The van der Waals surface area contributed by atoms with Gasteiger partial charge in [-0.05, 0) is 18.1 Å². The molecule has 0 atom stereocenters. The van der Waals surface area contributed by atoms with Gasteiger partial charge >= 0.3 is 0 Å². The van der Waals surface area contributed by atoms with Crippen LogP contribution in [0.25, 0.3) is 0 Å². The van der Waals surface area contributed by atoms with E-state index in [0.717, 1.165) is 5.75 Å². The molecule has 0 radical (unpaired) electrons. The van der Waals surface area contributed by atoms with E-state index in [1.807, 2.05) is 30.3 Å². The van der Waals surface area contributed by atoms with Crippen LogP contribution in [0.15, 0.2) is 30.3 Å². The highest BCUT2D eigenvalue weighted by molar-refractivity contribution is 5.21. The van der Waals surface area contributed by atoms with Gasteiger partial charge in [-0.3, -0.25) is 5.43 Å². The summed E-state index contributed by atoms with van der Waals surface area (Å²) < 4.78 is 5.24. The topological polar surface area (TPSA) is 47.3 Å². The Morgan fingerprint density at radius 2 is 2.08 bits per heavy atom. The van der Waals surface area contributed by atoms with Gasteiger partial charge in [-0.25, -0.2) is 5.84 Å². The molecule has 3 nitrogen and oxygen atoms in total. The molecule has 0 saturated carbocycles. The summed E-state index contributed by atoms with van der Waals surface area (Å²) in [5.41, 5.74) is 2.21. The van der Waals surface area contributed by atoms with Gasteiger partial charge in [0, 0.05) is 6.04 Å². The van der Waals surface area contributed by atoms with Crippen molar-refractivity contribution in [3.8, 4) is 17.7 Å². The molecule has 0 fully saturated rings. The number of benzene rings is 1. The lowest BCUT2D eigenvalue weighted by Gasteiger charge is -1.99. The first-order valence-corrected chi connectivity index (χ1v) is 3.55. The summed E-state index contributed by atoms with van der Waals surface area (Å²) in [6.07, 6.45) is 0. The van der Waals surface area contributed by atoms with Crippen LogP contribution in [-0.2, 0) is 0 Å². The third kappa shape index (κ3) is 2.95. The number of rotatable bonds is 2. The molecule has 0 bridgehead atoms. The molecule has 0 amide bonds. The molecule has 0 aromatic heterocycles. The second-order valence-corrected chi connectivity index (χ2v) is 2.05. The maximum absolute atomic E-state index is 5.24. The van der Waals surface area contributed by atoms with Crippen LogP contribution in [0.5, 0.6) is 5.75 Å². The van der Waals surface area contributed by atoms with E-state index < -0.39 is 0 Å². The lowest BCUT2D eigenvalue weighted by molar-refractivity contribution is 0.370. The van der Waals surface area contributed by atoms with Crippen LogP contribution >= 0.6 is 0 Å². The van der Waals surface area contributed by atoms with Gasteiger partial charge in [0.1, 0.15) is 5.75 Å². The molecule has 1 aromatic rings. The van der Waals surface area contributed by atoms with E-state index in [0.29, 0.717) is 6.61 Å². The fraction of sp³-hybridized carbons (Fsp3) is 0.111. The molecule has 0 heterocycles. The lowest BCUT2D eigenvalue weighted by atomic mass is 10.3. The van der Waals surface area contributed by atoms with Crippen molar-refractivity contribution in [3.05, 3.63) is 30.3 Å². The molecule has 0 aliphatic carbocycles. The van der Waals surface area contributed by atoms with Crippen molar-refractivity contribution in [2.75, 3.05) is 6.61 Å². The molecule has 62 valence electrons. The largest absolute Gasteiger partial charge is 0.481 e. The Balaban J connectivity index is 2.34. The Morgan fingerprint density at radius 1 is 1.33 bits per heavy atom. The van der Waals surface area contributed by atoms with E-state index in [1.54, 1.807) is 0 Å². The molecule has 12 heavy (non-hydrogen) atoms. The van der Waals surface area contributed by atoms with E-state index in [9.17, 15) is 0 Å². The third-order valence-corrected chi connectivity index (χ3v) is 1.21. The third-order valence-electron chi connectivity index (χ3n) is 1.21. The fourth-order valence-electron chi connectivity index (χ4n) is 0.723. The second kappa shape index (κ2) is 5.05. The van der Waals surface area contributed by atoms with Crippen LogP contribution in [0.3, 0.4) is 0 Å². The van der Waals surface area contributed by atoms with Gasteiger partial charge in [0.15, 0.2) is 6.61 Å².